The molecule has 0 unspecified atom stereocenters. The monoisotopic (exact) mass is 334 g/mol. The van der Waals surface area contributed by atoms with Crippen molar-refractivity contribution >= 4 is 17.9 Å². The Kier molecular flexibility index (Phi) is 4.98. The highest BCUT2D eigenvalue weighted by Crippen LogP contribution is 2.32. The lowest BCUT2D eigenvalue weighted by atomic mass is 9.93. The van der Waals surface area contributed by atoms with Crippen molar-refractivity contribution in [2.24, 2.45) is 0 Å². The molecule has 1 N–H and O–H groups in total. The third-order valence-electron chi connectivity index (χ3n) is 4.59. The Hall–Kier alpha value is -2.88. The first-order valence-corrected chi connectivity index (χ1v) is 8.43. The molecule has 2 amide bonds. The number of fused-ring (bicyclic) bond motifs is 1. The molecule has 0 radical (unpaired) electrons. The topological polar surface area (TPSA) is 49.4 Å². The van der Waals surface area contributed by atoms with Gasteiger partial charge in [0.25, 0.3) is 0 Å². The van der Waals surface area contributed by atoms with Crippen LogP contribution in [0.1, 0.15) is 41.6 Å². The summed E-state index contributed by atoms with van der Waals surface area (Å²) in [6.07, 6.45) is 3.93. The van der Waals surface area contributed by atoms with E-state index in [1.807, 2.05) is 61.5 Å². The number of aryl methyl sites for hydroxylation is 1. The van der Waals surface area contributed by atoms with Crippen LogP contribution in [-0.4, -0.2) is 16.7 Å². The van der Waals surface area contributed by atoms with Gasteiger partial charge in [0.1, 0.15) is 0 Å². The molecule has 0 bridgehead atoms. The minimum absolute atomic E-state index is 0.0652. The third-order valence-corrected chi connectivity index (χ3v) is 4.59. The number of carbonyl (C=O) groups is 2. The molecule has 1 heterocycles. The Bertz CT molecular complexity index is 826. The lowest BCUT2D eigenvalue weighted by Crippen LogP contribution is -2.35. The molecule has 1 aliphatic heterocycles. The minimum atomic E-state index is -0.268. The third kappa shape index (κ3) is 3.79. The van der Waals surface area contributed by atoms with Crippen molar-refractivity contribution in [3.8, 4) is 0 Å². The van der Waals surface area contributed by atoms with E-state index in [2.05, 4.69) is 5.32 Å². The van der Waals surface area contributed by atoms with E-state index in [1.54, 1.807) is 11.1 Å². The van der Waals surface area contributed by atoms with Crippen LogP contribution in [0.3, 0.4) is 0 Å². The molecule has 3 rings (SSSR count). The summed E-state index contributed by atoms with van der Waals surface area (Å²) in [4.78, 5) is 26.1. The van der Waals surface area contributed by atoms with E-state index >= 15 is 0 Å². The van der Waals surface area contributed by atoms with Gasteiger partial charge in [-0.2, -0.15) is 0 Å². The standard InChI is InChI=1S/C21H22N2O2/c1-15-7-3-4-9-18(15)14-22-21(25)13-20-19-10-6-5-8-17(19)11-12-23(20)16(2)24/h3-12,20H,13-14H2,1-2H3,(H,22,25)/t20-/m0/s1. The zero-order valence-electron chi connectivity index (χ0n) is 14.5. The molecule has 0 spiro atoms. The molecule has 128 valence electrons. The van der Waals surface area contributed by atoms with Crippen LogP contribution < -0.4 is 5.32 Å². The van der Waals surface area contributed by atoms with Gasteiger partial charge >= 0.3 is 0 Å². The minimum Gasteiger partial charge on any atom is -0.352 e. The van der Waals surface area contributed by atoms with Crippen LogP contribution >= 0.6 is 0 Å². The smallest absolute Gasteiger partial charge is 0.223 e. The maximum atomic E-state index is 12.5. The van der Waals surface area contributed by atoms with Crippen LogP contribution in [0.5, 0.6) is 0 Å². The molecular formula is C21H22N2O2. The van der Waals surface area contributed by atoms with Crippen molar-refractivity contribution < 1.29 is 9.59 Å². The molecule has 4 heteroatoms. The summed E-state index contributed by atoms with van der Waals surface area (Å²) in [6, 6.07) is 15.6. The summed E-state index contributed by atoms with van der Waals surface area (Å²) in [7, 11) is 0. The Labute approximate surface area is 148 Å². The fourth-order valence-electron chi connectivity index (χ4n) is 3.16. The van der Waals surface area contributed by atoms with Crippen molar-refractivity contribution in [3.63, 3.8) is 0 Å². The molecule has 4 nitrogen and oxygen atoms in total. The predicted molar refractivity (Wildman–Crippen MR) is 98.4 cm³/mol. The summed E-state index contributed by atoms with van der Waals surface area (Å²) in [5.74, 6) is -0.132. The zero-order chi connectivity index (χ0) is 17.8. The SMILES string of the molecule is CC(=O)N1C=Cc2ccccc2[C@@H]1CC(=O)NCc1ccccc1C. The Morgan fingerprint density at radius 1 is 1.08 bits per heavy atom. The van der Waals surface area contributed by atoms with Gasteiger partial charge in [0, 0.05) is 19.7 Å². The number of amides is 2. The molecule has 1 atom stereocenters. The van der Waals surface area contributed by atoms with Gasteiger partial charge in [-0.25, -0.2) is 0 Å². The van der Waals surface area contributed by atoms with Crippen molar-refractivity contribution in [1.82, 2.24) is 10.2 Å². The first-order chi connectivity index (χ1) is 12.1. The highest BCUT2D eigenvalue weighted by Gasteiger charge is 2.28. The molecule has 25 heavy (non-hydrogen) atoms. The van der Waals surface area contributed by atoms with E-state index in [9.17, 15) is 9.59 Å². The molecule has 2 aromatic carbocycles. The molecule has 0 aliphatic carbocycles. The number of rotatable bonds is 4. The molecule has 0 saturated heterocycles. The van der Waals surface area contributed by atoms with Crippen molar-refractivity contribution in [3.05, 3.63) is 77.0 Å². The summed E-state index contributed by atoms with van der Waals surface area (Å²) in [5.41, 5.74) is 4.31. The van der Waals surface area contributed by atoms with E-state index < -0.39 is 0 Å². The van der Waals surface area contributed by atoms with E-state index in [4.69, 9.17) is 0 Å². The average Bonchev–Trinajstić information content (AvgIpc) is 2.61. The molecule has 0 fully saturated rings. The Morgan fingerprint density at radius 2 is 1.80 bits per heavy atom. The van der Waals surface area contributed by atoms with Gasteiger partial charge < -0.3 is 10.2 Å². The molecule has 1 aliphatic rings. The van der Waals surface area contributed by atoms with Gasteiger partial charge in [-0.1, -0.05) is 48.5 Å². The van der Waals surface area contributed by atoms with Gasteiger partial charge in [0.15, 0.2) is 0 Å². The number of carbonyl (C=O) groups excluding carboxylic acids is 2. The highest BCUT2D eigenvalue weighted by molar-refractivity contribution is 5.81. The van der Waals surface area contributed by atoms with E-state index in [1.165, 1.54) is 6.92 Å². The molecule has 0 aromatic heterocycles. The summed E-state index contributed by atoms with van der Waals surface area (Å²) >= 11 is 0. The van der Waals surface area contributed by atoms with E-state index in [0.717, 1.165) is 22.3 Å². The summed E-state index contributed by atoms with van der Waals surface area (Å²) in [6.45, 7) is 4.05. The first-order valence-electron chi connectivity index (χ1n) is 8.43. The number of hydrogen-bond acceptors (Lipinski definition) is 2. The second-order valence-electron chi connectivity index (χ2n) is 6.29. The molecule has 2 aromatic rings. The second-order valence-corrected chi connectivity index (χ2v) is 6.29. The fourth-order valence-corrected chi connectivity index (χ4v) is 3.16. The first kappa shape index (κ1) is 17.0. The predicted octanol–water partition coefficient (Wildman–Crippen LogP) is 3.58. The van der Waals surface area contributed by atoms with Crippen LogP contribution in [0.2, 0.25) is 0 Å². The zero-order valence-corrected chi connectivity index (χ0v) is 14.5. The van der Waals surface area contributed by atoms with Crippen molar-refractivity contribution in [2.75, 3.05) is 0 Å². The quantitative estimate of drug-likeness (QED) is 0.929. The maximum Gasteiger partial charge on any atom is 0.223 e. The number of nitrogens with zero attached hydrogens (tertiary/aromatic N) is 1. The van der Waals surface area contributed by atoms with Gasteiger partial charge in [-0.15, -0.1) is 0 Å². The maximum absolute atomic E-state index is 12.5. The van der Waals surface area contributed by atoms with Gasteiger partial charge in [-0.3, -0.25) is 9.59 Å². The van der Waals surface area contributed by atoms with Gasteiger partial charge in [-0.05, 0) is 35.3 Å². The lowest BCUT2D eigenvalue weighted by Gasteiger charge is -2.32. The van der Waals surface area contributed by atoms with Crippen LogP contribution in [-0.2, 0) is 16.1 Å². The lowest BCUT2D eigenvalue weighted by molar-refractivity contribution is -0.130. The van der Waals surface area contributed by atoms with E-state index in [0.29, 0.717) is 6.54 Å². The van der Waals surface area contributed by atoms with Crippen LogP contribution in [0.25, 0.3) is 6.08 Å². The second kappa shape index (κ2) is 7.34. The number of hydrogen-bond donors (Lipinski definition) is 1. The summed E-state index contributed by atoms with van der Waals surface area (Å²) < 4.78 is 0. The average molecular weight is 334 g/mol. The fraction of sp³-hybridized carbons (Fsp3) is 0.238. The van der Waals surface area contributed by atoms with Gasteiger partial charge in [0.2, 0.25) is 11.8 Å². The van der Waals surface area contributed by atoms with Crippen molar-refractivity contribution in [1.29, 1.82) is 0 Å². The normalized spacial score (nSPS) is 15.6. The van der Waals surface area contributed by atoms with Crippen LogP contribution in [0.15, 0.2) is 54.7 Å². The Balaban J connectivity index is 1.73. The van der Waals surface area contributed by atoms with Crippen molar-refractivity contribution in [2.45, 2.75) is 32.9 Å². The van der Waals surface area contributed by atoms with Crippen LogP contribution in [0.4, 0.5) is 0 Å². The summed E-state index contributed by atoms with van der Waals surface area (Å²) in [5, 5.41) is 2.98. The Morgan fingerprint density at radius 3 is 2.56 bits per heavy atom. The molecular weight excluding hydrogens is 312 g/mol. The highest BCUT2D eigenvalue weighted by atomic mass is 16.2. The number of benzene rings is 2. The van der Waals surface area contributed by atoms with Crippen LogP contribution in [0, 0.1) is 6.92 Å². The van der Waals surface area contributed by atoms with E-state index in [-0.39, 0.29) is 24.3 Å². The molecule has 0 saturated carbocycles. The van der Waals surface area contributed by atoms with Gasteiger partial charge in [0.05, 0.1) is 12.5 Å². The number of nitrogens with one attached hydrogen (secondary N) is 1. The largest absolute Gasteiger partial charge is 0.352 e.